The number of aromatic nitrogens is 2. The molecule has 0 saturated carbocycles. The minimum absolute atomic E-state index is 0.0964. The van der Waals surface area contributed by atoms with Crippen LogP contribution in [0.25, 0.3) is 10.7 Å². The van der Waals surface area contributed by atoms with Crippen LogP contribution in [0.2, 0.25) is 0 Å². The summed E-state index contributed by atoms with van der Waals surface area (Å²) in [5, 5.41) is 0. The van der Waals surface area contributed by atoms with E-state index in [4.69, 9.17) is 0 Å². The first-order valence-electron chi connectivity index (χ1n) is 5.35. The standard InChI is InChI=1S/C12H13BrN2OS/c1-6(2)9-5-11(16)15-12(14-9)10-4-8(13)7(3)17-10/h4-6H,1-3H3,(H,14,15,16). The molecule has 0 saturated heterocycles. The van der Waals surface area contributed by atoms with E-state index in [0.717, 1.165) is 15.0 Å². The summed E-state index contributed by atoms with van der Waals surface area (Å²) in [6, 6.07) is 3.55. The highest BCUT2D eigenvalue weighted by Gasteiger charge is 2.10. The van der Waals surface area contributed by atoms with Crippen LogP contribution in [0.3, 0.4) is 0 Å². The normalized spacial score (nSPS) is 11.1. The van der Waals surface area contributed by atoms with Crippen molar-refractivity contribution in [1.82, 2.24) is 9.97 Å². The first-order chi connectivity index (χ1) is 7.97. The van der Waals surface area contributed by atoms with Crippen molar-refractivity contribution in [2.24, 2.45) is 0 Å². The molecule has 0 spiro atoms. The first kappa shape index (κ1) is 12.5. The molecule has 0 amide bonds. The van der Waals surface area contributed by atoms with Gasteiger partial charge in [-0.15, -0.1) is 11.3 Å². The number of nitrogens with one attached hydrogen (secondary N) is 1. The van der Waals surface area contributed by atoms with Gasteiger partial charge in [0, 0.05) is 15.4 Å². The topological polar surface area (TPSA) is 45.8 Å². The fraction of sp³-hybridized carbons (Fsp3) is 0.333. The maximum atomic E-state index is 11.6. The Labute approximate surface area is 112 Å². The Kier molecular flexibility index (Phi) is 3.49. The molecule has 0 unspecified atom stereocenters. The summed E-state index contributed by atoms with van der Waals surface area (Å²) in [7, 11) is 0. The monoisotopic (exact) mass is 312 g/mol. The number of aromatic amines is 1. The molecule has 0 aliphatic rings. The van der Waals surface area contributed by atoms with Gasteiger partial charge in [-0.05, 0) is 34.8 Å². The molecule has 2 aromatic rings. The lowest BCUT2D eigenvalue weighted by molar-refractivity contribution is 0.812. The summed E-state index contributed by atoms with van der Waals surface area (Å²) in [6.45, 7) is 6.09. The molecule has 0 fully saturated rings. The quantitative estimate of drug-likeness (QED) is 0.919. The molecular formula is C12H13BrN2OS. The van der Waals surface area contributed by atoms with E-state index in [1.165, 1.54) is 4.88 Å². The lowest BCUT2D eigenvalue weighted by atomic mass is 10.1. The molecule has 2 aromatic heterocycles. The zero-order valence-corrected chi connectivity index (χ0v) is 12.3. The lowest BCUT2D eigenvalue weighted by Crippen LogP contribution is -2.10. The Hall–Kier alpha value is -0.940. The fourth-order valence-electron chi connectivity index (χ4n) is 1.47. The minimum atomic E-state index is -0.0964. The average molecular weight is 313 g/mol. The molecule has 0 atom stereocenters. The summed E-state index contributed by atoms with van der Waals surface area (Å²) >= 11 is 5.09. The van der Waals surface area contributed by atoms with Crippen molar-refractivity contribution in [1.29, 1.82) is 0 Å². The van der Waals surface area contributed by atoms with Crippen LogP contribution < -0.4 is 5.56 Å². The van der Waals surface area contributed by atoms with Gasteiger partial charge in [0.2, 0.25) is 0 Å². The smallest absolute Gasteiger partial charge is 0.251 e. The fourth-order valence-corrected chi connectivity index (χ4v) is 2.95. The number of aryl methyl sites for hydroxylation is 1. The van der Waals surface area contributed by atoms with Gasteiger partial charge < -0.3 is 4.98 Å². The van der Waals surface area contributed by atoms with Gasteiger partial charge in [-0.1, -0.05) is 13.8 Å². The molecule has 1 N–H and O–H groups in total. The van der Waals surface area contributed by atoms with Gasteiger partial charge in [0.15, 0.2) is 5.82 Å². The van der Waals surface area contributed by atoms with Crippen LogP contribution in [-0.2, 0) is 0 Å². The van der Waals surface area contributed by atoms with E-state index in [9.17, 15) is 4.79 Å². The van der Waals surface area contributed by atoms with Crippen LogP contribution in [0.1, 0.15) is 30.3 Å². The number of halogens is 1. The second-order valence-corrected chi connectivity index (χ2v) is 6.30. The number of rotatable bonds is 2. The molecule has 3 nitrogen and oxygen atoms in total. The Balaban J connectivity index is 2.55. The molecule has 2 rings (SSSR count). The number of hydrogen-bond acceptors (Lipinski definition) is 3. The van der Waals surface area contributed by atoms with E-state index >= 15 is 0 Å². The number of hydrogen-bond donors (Lipinski definition) is 1. The molecule has 0 aliphatic carbocycles. The zero-order chi connectivity index (χ0) is 12.6. The maximum absolute atomic E-state index is 11.6. The summed E-state index contributed by atoms with van der Waals surface area (Å²) in [5.74, 6) is 0.903. The molecule has 0 radical (unpaired) electrons. The van der Waals surface area contributed by atoms with Crippen LogP contribution in [0.5, 0.6) is 0 Å². The Bertz CT molecular complexity index is 581. The van der Waals surface area contributed by atoms with E-state index in [-0.39, 0.29) is 11.5 Å². The van der Waals surface area contributed by atoms with Crippen molar-refractivity contribution in [3.8, 4) is 10.7 Å². The van der Waals surface area contributed by atoms with Crippen molar-refractivity contribution in [3.05, 3.63) is 37.5 Å². The van der Waals surface area contributed by atoms with Crippen LogP contribution in [-0.4, -0.2) is 9.97 Å². The van der Waals surface area contributed by atoms with E-state index in [1.807, 2.05) is 26.8 Å². The summed E-state index contributed by atoms with van der Waals surface area (Å²) in [5.41, 5.74) is 0.729. The van der Waals surface area contributed by atoms with Gasteiger partial charge >= 0.3 is 0 Å². The van der Waals surface area contributed by atoms with Gasteiger partial charge in [-0.2, -0.15) is 0 Å². The molecule has 90 valence electrons. The van der Waals surface area contributed by atoms with E-state index in [0.29, 0.717) is 5.82 Å². The van der Waals surface area contributed by atoms with Crippen molar-refractivity contribution in [3.63, 3.8) is 0 Å². The van der Waals surface area contributed by atoms with Crippen LogP contribution in [0.4, 0.5) is 0 Å². The SMILES string of the molecule is Cc1sc(-c2nc(C(C)C)cc(=O)[nH]2)cc1Br. The highest BCUT2D eigenvalue weighted by Crippen LogP contribution is 2.32. The van der Waals surface area contributed by atoms with Crippen molar-refractivity contribution < 1.29 is 0 Å². The van der Waals surface area contributed by atoms with Crippen molar-refractivity contribution in [2.45, 2.75) is 26.7 Å². The first-order valence-corrected chi connectivity index (χ1v) is 6.96. The predicted octanol–water partition coefficient (Wildman–Crippen LogP) is 3.69. The van der Waals surface area contributed by atoms with Crippen LogP contribution >= 0.6 is 27.3 Å². The second-order valence-electron chi connectivity index (χ2n) is 4.19. The Morgan fingerprint density at radius 1 is 1.41 bits per heavy atom. The molecule has 17 heavy (non-hydrogen) atoms. The minimum Gasteiger partial charge on any atom is -0.306 e. The van der Waals surface area contributed by atoms with E-state index in [1.54, 1.807) is 17.4 Å². The van der Waals surface area contributed by atoms with E-state index in [2.05, 4.69) is 25.9 Å². The van der Waals surface area contributed by atoms with Crippen molar-refractivity contribution >= 4 is 27.3 Å². The van der Waals surface area contributed by atoms with Crippen LogP contribution in [0.15, 0.2) is 21.4 Å². The number of H-pyrrole nitrogens is 1. The second kappa shape index (κ2) is 4.74. The average Bonchev–Trinajstić information content (AvgIpc) is 2.58. The summed E-state index contributed by atoms with van der Waals surface area (Å²) in [6.07, 6.45) is 0. The number of nitrogens with zero attached hydrogens (tertiary/aromatic N) is 1. The zero-order valence-electron chi connectivity index (χ0n) is 9.87. The van der Waals surface area contributed by atoms with E-state index < -0.39 is 0 Å². The van der Waals surface area contributed by atoms with Gasteiger partial charge in [0.1, 0.15) is 0 Å². The summed E-state index contributed by atoms with van der Waals surface area (Å²) < 4.78 is 1.05. The van der Waals surface area contributed by atoms with Gasteiger partial charge in [-0.3, -0.25) is 4.79 Å². The van der Waals surface area contributed by atoms with Gasteiger partial charge in [-0.25, -0.2) is 4.98 Å². The maximum Gasteiger partial charge on any atom is 0.251 e. The van der Waals surface area contributed by atoms with Crippen molar-refractivity contribution in [2.75, 3.05) is 0 Å². The molecular weight excluding hydrogens is 300 g/mol. The molecule has 2 heterocycles. The third-order valence-corrected chi connectivity index (χ3v) is 4.59. The van der Waals surface area contributed by atoms with Crippen LogP contribution in [0, 0.1) is 6.92 Å². The van der Waals surface area contributed by atoms with Gasteiger partial charge in [0.25, 0.3) is 5.56 Å². The molecule has 0 aliphatic heterocycles. The third kappa shape index (κ3) is 2.66. The highest BCUT2D eigenvalue weighted by molar-refractivity contribution is 9.10. The lowest BCUT2D eigenvalue weighted by Gasteiger charge is -2.05. The molecule has 5 heteroatoms. The molecule has 0 aromatic carbocycles. The van der Waals surface area contributed by atoms with Gasteiger partial charge in [0.05, 0.1) is 10.6 Å². The Morgan fingerprint density at radius 3 is 2.65 bits per heavy atom. The highest BCUT2D eigenvalue weighted by atomic mass is 79.9. The Morgan fingerprint density at radius 2 is 2.12 bits per heavy atom. The largest absolute Gasteiger partial charge is 0.306 e. The molecule has 0 bridgehead atoms. The predicted molar refractivity (Wildman–Crippen MR) is 74.7 cm³/mol. The number of thiophene rings is 1. The third-order valence-electron chi connectivity index (χ3n) is 2.44. The summed E-state index contributed by atoms with van der Waals surface area (Å²) in [4.78, 5) is 21.0.